The molecule has 1 aliphatic rings. The van der Waals surface area contributed by atoms with Crippen molar-refractivity contribution in [3.8, 4) is 0 Å². The molecule has 0 aliphatic carbocycles. The fourth-order valence-electron chi connectivity index (χ4n) is 2.42. The van der Waals surface area contributed by atoms with E-state index in [4.69, 9.17) is 5.73 Å². The zero-order chi connectivity index (χ0) is 14.6. The van der Waals surface area contributed by atoms with Crippen LogP contribution in [-0.4, -0.2) is 34.6 Å². The van der Waals surface area contributed by atoms with Crippen LogP contribution in [0.25, 0.3) is 0 Å². The molecule has 3 N–H and O–H groups in total. The first kappa shape index (κ1) is 15.3. The largest absolute Gasteiger partial charge is 0.371 e. The number of hydrogen-bond acceptors (Lipinski definition) is 4. The number of nitrogens with zero attached hydrogens (tertiary/aromatic N) is 1. The molecule has 112 valence electrons. The molecule has 1 aromatic carbocycles. The summed E-state index contributed by atoms with van der Waals surface area (Å²) in [6.45, 7) is 5.06. The van der Waals surface area contributed by atoms with Gasteiger partial charge in [0.1, 0.15) is 0 Å². The molecule has 1 saturated heterocycles. The third-order valence-electron chi connectivity index (χ3n) is 3.67. The van der Waals surface area contributed by atoms with E-state index in [1.807, 2.05) is 19.1 Å². The summed E-state index contributed by atoms with van der Waals surface area (Å²) >= 11 is 0. The van der Waals surface area contributed by atoms with Gasteiger partial charge in [-0.05, 0) is 49.6 Å². The van der Waals surface area contributed by atoms with Gasteiger partial charge in [-0.3, -0.25) is 0 Å². The van der Waals surface area contributed by atoms with Gasteiger partial charge in [0.15, 0.2) is 0 Å². The Hall–Kier alpha value is -1.11. The third kappa shape index (κ3) is 3.50. The summed E-state index contributed by atoms with van der Waals surface area (Å²) in [6.07, 6.45) is 1.89. The van der Waals surface area contributed by atoms with Crippen LogP contribution in [0.1, 0.15) is 19.8 Å². The molecule has 0 spiro atoms. The number of nitrogens with one attached hydrogen (secondary N) is 1. The zero-order valence-corrected chi connectivity index (χ0v) is 12.7. The fraction of sp³-hybridized carbons (Fsp3) is 0.571. The summed E-state index contributed by atoms with van der Waals surface area (Å²) in [5.41, 5.74) is 6.75. The van der Waals surface area contributed by atoms with Crippen LogP contribution in [0.15, 0.2) is 29.2 Å². The summed E-state index contributed by atoms with van der Waals surface area (Å²) in [5, 5.41) is 0. The van der Waals surface area contributed by atoms with Crippen molar-refractivity contribution in [3.63, 3.8) is 0 Å². The zero-order valence-electron chi connectivity index (χ0n) is 11.9. The highest BCUT2D eigenvalue weighted by Gasteiger charge is 2.22. The van der Waals surface area contributed by atoms with Gasteiger partial charge in [0.2, 0.25) is 10.0 Å². The predicted octanol–water partition coefficient (Wildman–Crippen LogP) is 1.16. The van der Waals surface area contributed by atoms with Gasteiger partial charge >= 0.3 is 0 Å². The minimum Gasteiger partial charge on any atom is -0.371 e. The van der Waals surface area contributed by atoms with Gasteiger partial charge in [0.05, 0.1) is 4.90 Å². The molecule has 1 atom stereocenters. The summed E-state index contributed by atoms with van der Waals surface area (Å²) < 4.78 is 26.5. The highest BCUT2D eigenvalue weighted by molar-refractivity contribution is 7.89. The quantitative estimate of drug-likeness (QED) is 0.826. The Morgan fingerprint density at radius 3 is 2.60 bits per heavy atom. The van der Waals surface area contributed by atoms with Crippen LogP contribution >= 0.6 is 0 Å². The minimum atomic E-state index is -3.37. The first-order valence-electron chi connectivity index (χ1n) is 7.11. The second kappa shape index (κ2) is 6.56. The maximum atomic E-state index is 12.0. The topological polar surface area (TPSA) is 75.4 Å². The molecule has 0 radical (unpaired) electrons. The van der Waals surface area contributed by atoms with Crippen LogP contribution < -0.4 is 15.4 Å². The van der Waals surface area contributed by atoms with Gasteiger partial charge in [0.25, 0.3) is 0 Å². The predicted molar refractivity (Wildman–Crippen MR) is 81.3 cm³/mol. The molecule has 1 heterocycles. The molecule has 0 saturated carbocycles. The molecular weight excluding hydrogens is 274 g/mol. The first-order valence-corrected chi connectivity index (χ1v) is 8.60. The van der Waals surface area contributed by atoms with Crippen LogP contribution in [0.5, 0.6) is 0 Å². The van der Waals surface area contributed by atoms with E-state index in [1.54, 1.807) is 12.1 Å². The number of nitrogens with two attached hydrogens (primary N) is 1. The van der Waals surface area contributed by atoms with Crippen molar-refractivity contribution in [1.82, 2.24) is 4.72 Å². The maximum absolute atomic E-state index is 12.0. The molecule has 0 amide bonds. The molecule has 1 aliphatic heterocycles. The van der Waals surface area contributed by atoms with Gasteiger partial charge in [-0.15, -0.1) is 0 Å². The van der Waals surface area contributed by atoms with Crippen molar-refractivity contribution in [2.24, 2.45) is 11.7 Å². The molecule has 20 heavy (non-hydrogen) atoms. The molecule has 1 aromatic rings. The Morgan fingerprint density at radius 2 is 2.05 bits per heavy atom. The number of rotatable bonds is 6. The standard InChI is InChI=1S/C14H23N3O2S/c1-2-8-16-20(18,19)14-5-3-13(4-6-14)17-9-7-12(10-15)11-17/h3-6,12,16H,2,7-11,15H2,1H3. The summed E-state index contributed by atoms with van der Waals surface area (Å²) in [6, 6.07) is 7.09. The van der Waals surface area contributed by atoms with Crippen molar-refractivity contribution >= 4 is 15.7 Å². The van der Waals surface area contributed by atoms with Gasteiger partial charge in [-0.1, -0.05) is 6.92 Å². The Kier molecular flexibility index (Phi) is 5.01. The SMILES string of the molecule is CCCNS(=O)(=O)c1ccc(N2CCC(CN)C2)cc1. The summed E-state index contributed by atoms with van der Waals surface area (Å²) in [4.78, 5) is 2.58. The molecule has 0 aromatic heterocycles. The van der Waals surface area contributed by atoms with Crippen LogP contribution in [-0.2, 0) is 10.0 Å². The second-order valence-corrected chi connectivity index (χ2v) is 7.00. The summed E-state index contributed by atoms with van der Waals surface area (Å²) in [5.74, 6) is 0.546. The van der Waals surface area contributed by atoms with Gasteiger partial charge in [-0.2, -0.15) is 0 Å². The van der Waals surface area contributed by atoms with E-state index >= 15 is 0 Å². The lowest BCUT2D eigenvalue weighted by molar-refractivity contribution is 0.581. The molecule has 2 rings (SSSR count). The van der Waals surface area contributed by atoms with Gasteiger partial charge < -0.3 is 10.6 Å². The van der Waals surface area contributed by atoms with Crippen molar-refractivity contribution in [1.29, 1.82) is 0 Å². The number of anilines is 1. The van der Waals surface area contributed by atoms with E-state index < -0.39 is 10.0 Å². The fourth-order valence-corrected chi connectivity index (χ4v) is 3.55. The minimum absolute atomic E-state index is 0.323. The lowest BCUT2D eigenvalue weighted by atomic mass is 10.1. The van der Waals surface area contributed by atoms with Crippen LogP contribution in [0.2, 0.25) is 0 Å². The van der Waals surface area contributed by atoms with E-state index in [0.717, 1.165) is 31.6 Å². The monoisotopic (exact) mass is 297 g/mol. The third-order valence-corrected chi connectivity index (χ3v) is 5.15. The maximum Gasteiger partial charge on any atom is 0.240 e. The number of benzene rings is 1. The average molecular weight is 297 g/mol. The molecule has 1 fully saturated rings. The van der Waals surface area contributed by atoms with Crippen molar-refractivity contribution in [2.75, 3.05) is 31.1 Å². The molecule has 1 unspecified atom stereocenters. The number of sulfonamides is 1. The summed E-state index contributed by atoms with van der Waals surface area (Å²) in [7, 11) is -3.37. The van der Waals surface area contributed by atoms with E-state index in [1.165, 1.54) is 0 Å². The van der Waals surface area contributed by atoms with Crippen LogP contribution in [0.3, 0.4) is 0 Å². The Balaban J connectivity index is 2.07. The van der Waals surface area contributed by atoms with E-state index in [2.05, 4.69) is 9.62 Å². The molecule has 6 heteroatoms. The second-order valence-electron chi connectivity index (χ2n) is 5.23. The Morgan fingerprint density at radius 1 is 1.35 bits per heavy atom. The van der Waals surface area contributed by atoms with Gasteiger partial charge in [0, 0.05) is 25.3 Å². The normalized spacial score (nSPS) is 19.5. The van der Waals surface area contributed by atoms with Crippen molar-refractivity contribution in [2.45, 2.75) is 24.7 Å². The molecule has 0 bridgehead atoms. The molecule has 5 nitrogen and oxygen atoms in total. The Labute approximate surface area is 121 Å². The van der Waals surface area contributed by atoms with Crippen LogP contribution in [0, 0.1) is 5.92 Å². The Bertz CT molecular complexity index is 528. The van der Waals surface area contributed by atoms with Crippen LogP contribution in [0.4, 0.5) is 5.69 Å². The van der Waals surface area contributed by atoms with E-state index in [-0.39, 0.29) is 0 Å². The number of hydrogen-bond donors (Lipinski definition) is 2. The van der Waals surface area contributed by atoms with Crippen molar-refractivity contribution < 1.29 is 8.42 Å². The highest BCUT2D eigenvalue weighted by Crippen LogP contribution is 2.24. The highest BCUT2D eigenvalue weighted by atomic mass is 32.2. The lowest BCUT2D eigenvalue weighted by Gasteiger charge is -2.18. The smallest absolute Gasteiger partial charge is 0.240 e. The van der Waals surface area contributed by atoms with Crippen molar-refractivity contribution in [3.05, 3.63) is 24.3 Å². The molecular formula is C14H23N3O2S. The lowest BCUT2D eigenvalue weighted by Crippen LogP contribution is -2.25. The van der Waals surface area contributed by atoms with E-state index in [0.29, 0.717) is 23.9 Å². The van der Waals surface area contributed by atoms with Gasteiger partial charge in [-0.25, -0.2) is 13.1 Å². The van der Waals surface area contributed by atoms with E-state index in [9.17, 15) is 8.42 Å². The first-order chi connectivity index (χ1) is 9.56. The average Bonchev–Trinajstić information content (AvgIpc) is 2.94.